The summed E-state index contributed by atoms with van der Waals surface area (Å²) < 4.78 is 0. The Morgan fingerprint density at radius 3 is 2.43 bits per heavy atom. The van der Waals surface area contributed by atoms with E-state index in [1.165, 1.54) is 0 Å². The number of hydrogen-bond acceptors (Lipinski definition) is 2. The van der Waals surface area contributed by atoms with Crippen molar-refractivity contribution in [3.05, 3.63) is 60.2 Å². The molecule has 0 spiro atoms. The first-order chi connectivity index (χ1) is 13.6. The van der Waals surface area contributed by atoms with Crippen LogP contribution in [0.5, 0.6) is 0 Å². The first-order valence-corrected chi connectivity index (χ1v) is 10.2. The molecule has 1 heterocycles. The maximum absolute atomic E-state index is 13.3. The number of para-hydroxylation sites is 2. The molecule has 2 aromatic carbocycles. The maximum Gasteiger partial charge on any atom is 0.325 e. The van der Waals surface area contributed by atoms with Gasteiger partial charge < -0.3 is 10.2 Å². The van der Waals surface area contributed by atoms with Gasteiger partial charge >= 0.3 is 6.03 Å². The standard InChI is InChI=1S/C23H27N3O2/c1-17(18-9-3-2-4-10-18)25-15-8-16-26(23(25)28)21-14-6-5-13-20(21)24-22(27)19-11-7-12-19/h2-6,9-10,13-14,17,19H,7-8,11-12,15-16H2,1H3,(H,24,27). The molecule has 2 aliphatic rings. The van der Waals surface area contributed by atoms with Gasteiger partial charge in [0.05, 0.1) is 17.4 Å². The van der Waals surface area contributed by atoms with Crippen LogP contribution in [0.1, 0.15) is 44.2 Å². The van der Waals surface area contributed by atoms with Crippen LogP contribution < -0.4 is 10.2 Å². The van der Waals surface area contributed by atoms with E-state index in [0.29, 0.717) is 6.54 Å². The van der Waals surface area contributed by atoms with Crippen molar-refractivity contribution in [2.24, 2.45) is 5.92 Å². The van der Waals surface area contributed by atoms with Crippen molar-refractivity contribution in [2.75, 3.05) is 23.3 Å². The number of carbonyl (C=O) groups is 2. The molecule has 5 nitrogen and oxygen atoms in total. The average Bonchev–Trinajstić information content (AvgIpc) is 2.67. The van der Waals surface area contributed by atoms with E-state index in [1.807, 2.05) is 47.4 Å². The highest BCUT2D eigenvalue weighted by Crippen LogP contribution is 2.33. The number of rotatable bonds is 5. The topological polar surface area (TPSA) is 52.6 Å². The Morgan fingerprint density at radius 2 is 1.71 bits per heavy atom. The molecule has 1 saturated carbocycles. The number of nitrogens with zero attached hydrogens (tertiary/aromatic N) is 2. The Labute approximate surface area is 166 Å². The van der Waals surface area contributed by atoms with Crippen molar-refractivity contribution in [3.63, 3.8) is 0 Å². The van der Waals surface area contributed by atoms with Gasteiger partial charge in [0.2, 0.25) is 5.91 Å². The second kappa shape index (κ2) is 8.05. The van der Waals surface area contributed by atoms with Gasteiger partial charge in [0.1, 0.15) is 0 Å². The lowest BCUT2D eigenvalue weighted by molar-refractivity contribution is -0.122. The van der Waals surface area contributed by atoms with Crippen LogP contribution in [-0.4, -0.2) is 29.9 Å². The molecule has 2 aromatic rings. The minimum absolute atomic E-state index is 0.00653. The molecular weight excluding hydrogens is 350 g/mol. The summed E-state index contributed by atoms with van der Waals surface area (Å²) in [6, 6.07) is 17.7. The fourth-order valence-electron chi connectivity index (χ4n) is 3.96. The van der Waals surface area contributed by atoms with Crippen LogP contribution in [0, 0.1) is 5.92 Å². The minimum atomic E-state index is -0.00653. The zero-order chi connectivity index (χ0) is 19.5. The van der Waals surface area contributed by atoms with Gasteiger partial charge in [0, 0.05) is 19.0 Å². The van der Waals surface area contributed by atoms with Crippen LogP contribution in [0.2, 0.25) is 0 Å². The van der Waals surface area contributed by atoms with Crippen LogP contribution in [-0.2, 0) is 4.79 Å². The Balaban J connectivity index is 1.55. The van der Waals surface area contributed by atoms with Gasteiger partial charge in [-0.1, -0.05) is 48.9 Å². The van der Waals surface area contributed by atoms with E-state index < -0.39 is 0 Å². The number of nitrogens with one attached hydrogen (secondary N) is 1. The molecule has 0 bridgehead atoms. The van der Waals surface area contributed by atoms with Crippen molar-refractivity contribution in [2.45, 2.75) is 38.6 Å². The Bertz CT molecular complexity index is 848. The highest BCUT2D eigenvalue weighted by molar-refractivity contribution is 6.01. The number of anilines is 2. The molecule has 1 aliphatic carbocycles. The number of benzene rings is 2. The summed E-state index contributed by atoms with van der Waals surface area (Å²) in [6.07, 6.45) is 3.93. The fraction of sp³-hybridized carbons (Fsp3) is 0.391. The predicted octanol–water partition coefficient (Wildman–Crippen LogP) is 4.82. The zero-order valence-corrected chi connectivity index (χ0v) is 16.3. The molecular formula is C23H27N3O2. The summed E-state index contributed by atoms with van der Waals surface area (Å²) in [5.74, 6) is 0.178. The van der Waals surface area contributed by atoms with Crippen LogP contribution in [0.3, 0.4) is 0 Å². The van der Waals surface area contributed by atoms with Crippen molar-refractivity contribution < 1.29 is 9.59 Å². The minimum Gasteiger partial charge on any atom is -0.324 e. The molecule has 4 rings (SSSR count). The number of hydrogen-bond donors (Lipinski definition) is 1. The molecule has 0 aromatic heterocycles. The van der Waals surface area contributed by atoms with Gasteiger partial charge in [-0.25, -0.2) is 4.79 Å². The van der Waals surface area contributed by atoms with Gasteiger partial charge in [-0.3, -0.25) is 9.69 Å². The van der Waals surface area contributed by atoms with E-state index in [-0.39, 0.29) is 23.9 Å². The monoisotopic (exact) mass is 377 g/mol. The molecule has 2 fully saturated rings. The predicted molar refractivity (Wildman–Crippen MR) is 111 cm³/mol. The second-order valence-corrected chi connectivity index (χ2v) is 7.70. The van der Waals surface area contributed by atoms with E-state index >= 15 is 0 Å². The lowest BCUT2D eigenvalue weighted by Gasteiger charge is -2.39. The summed E-state index contributed by atoms with van der Waals surface area (Å²) in [4.78, 5) is 29.5. The third-order valence-corrected chi connectivity index (χ3v) is 5.94. The van der Waals surface area contributed by atoms with E-state index in [1.54, 1.807) is 4.90 Å². The number of amides is 3. The van der Waals surface area contributed by atoms with E-state index in [9.17, 15) is 9.59 Å². The van der Waals surface area contributed by atoms with Crippen molar-refractivity contribution in [1.29, 1.82) is 0 Å². The van der Waals surface area contributed by atoms with Gasteiger partial charge in [0.25, 0.3) is 0 Å². The van der Waals surface area contributed by atoms with Crippen LogP contribution in [0.15, 0.2) is 54.6 Å². The lowest BCUT2D eigenvalue weighted by Crippen LogP contribution is -2.50. The largest absolute Gasteiger partial charge is 0.325 e. The number of urea groups is 1. The third-order valence-electron chi connectivity index (χ3n) is 5.94. The summed E-state index contributed by atoms with van der Waals surface area (Å²) in [5, 5.41) is 3.05. The van der Waals surface area contributed by atoms with Crippen LogP contribution in [0.4, 0.5) is 16.2 Å². The van der Waals surface area contributed by atoms with Crippen LogP contribution >= 0.6 is 0 Å². The maximum atomic E-state index is 13.3. The quantitative estimate of drug-likeness (QED) is 0.812. The molecule has 1 N–H and O–H groups in total. The molecule has 0 radical (unpaired) electrons. The Morgan fingerprint density at radius 1 is 1.00 bits per heavy atom. The summed E-state index contributed by atoms with van der Waals surface area (Å²) >= 11 is 0. The van der Waals surface area contributed by atoms with E-state index in [0.717, 1.165) is 49.2 Å². The van der Waals surface area contributed by atoms with E-state index in [2.05, 4.69) is 24.4 Å². The second-order valence-electron chi connectivity index (χ2n) is 7.70. The highest BCUT2D eigenvalue weighted by atomic mass is 16.2. The van der Waals surface area contributed by atoms with Crippen molar-refractivity contribution >= 4 is 23.3 Å². The smallest absolute Gasteiger partial charge is 0.324 e. The Kier molecular flexibility index (Phi) is 5.33. The normalized spacial score (nSPS) is 18.5. The molecule has 28 heavy (non-hydrogen) atoms. The molecule has 5 heteroatoms. The fourth-order valence-corrected chi connectivity index (χ4v) is 3.96. The molecule has 1 unspecified atom stereocenters. The van der Waals surface area contributed by atoms with Gasteiger partial charge in [-0.15, -0.1) is 0 Å². The molecule has 1 saturated heterocycles. The third kappa shape index (κ3) is 3.61. The van der Waals surface area contributed by atoms with Gasteiger partial charge in [-0.05, 0) is 43.9 Å². The highest BCUT2D eigenvalue weighted by Gasteiger charge is 2.32. The number of carbonyl (C=O) groups excluding carboxylic acids is 2. The average molecular weight is 377 g/mol. The molecule has 1 atom stereocenters. The Hall–Kier alpha value is -2.82. The zero-order valence-electron chi connectivity index (χ0n) is 16.3. The molecule has 3 amide bonds. The first kappa shape index (κ1) is 18.5. The van der Waals surface area contributed by atoms with Crippen molar-refractivity contribution in [1.82, 2.24) is 4.90 Å². The summed E-state index contributed by atoms with van der Waals surface area (Å²) in [5.41, 5.74) is 2.64. The SMILES string of the molecule is CC(c1ccccc1)N1CCCN(c2ccccc2NC(=O)C2CCC2)C1=O. The van der Waals surface area contributed by atoms with E-state index in [4.69, 9.17) is 0 Å². The first-order valence-electron chi connectivity index (χ1n) is 10.2. The summed E-state index contributed by atoms with van der Waals surface area (Å²) in [7, 11) is 0. The van der Waals surface area contributed by atoms with Crippen molar-refractivity contribution in [3.8, 4) is 0 Å². The molecule has 146 valence electrons. The lowest BCUT2D eigenvalue weighted by atomic mass is 9.85. The van der Waals surface area contributed by atoms with Gasteiger partial charge in [-0.2, -0.15) is 0 Å². The van der Waals surface area contributed by atoms with Crippen LogP contribution in [0.25, 0.3) is 0 Å². The molecule has 1 aliphatic heterocycles. The summed E-state index contributed by atoms with van der Waals surface area (Å²) in [6.45, 7) is 3.47. The van der Waals surface area contributed by atoms with Gasteiger partial charge in [0.15, 0.2) is 0 Å².